The van der Waals surface area contributed by atoms with Crippen molar-refractivity contribution < 1.29 is 14.0 Å². The lowest BCUT2D eigenvalue weighted by atomic mass is 10.1. The highest BCUT2D eigenvalue weighted by Gasteiger charge is 2.11. The third-order valence-corrected chi connectivity index (χ3v) is 4.96. The number of nitrogens with one attached hydrogen (secondary N) is 2. The largest absolute Gasteiger partial charge is 0.346 e. The first-order valence-electron chi connectivity index (χ1n) is 8.97. The Balaban J connectivity index is 1.50. The van der Waals surface area contributed by atoms with E-state index < -0.39 is 0 Å². The second kappa shape index (κ2) is 9.38. The second-order valence-corrected chi connectivity index (χ2v) is 7.49. The lowest BCUT2D eigenvalue weighted by molar-refractivity contribution is -0.122. The van der Waals surface area contributed by atoms with E-state index in [9.17, 15) is 14.0 Å². The molecule has 0 saturated heterocycles. The van der Waals surface area contributed by atoms with Gasteiger partial charge in [-0.15, -0.1) is 0 Å². The van der Waals surface area contributed by atoms with E-state index in [0.29, 0.717) is 10.8 Å². The monoisotopic (exact) mass is 412 g/mol. The number of halogens is 1. The zero-order chi connectivity index (χ0) is 20.8. The van der Waals surface area contributed by atoms with E-state index in [-0.39, 0.29) is 29.9 Å². The number of benzene rings is 2. The fraction of sp³-hybridized carbons (Fsp3) is 0.190. The first-order chi connectivity index (χ1) is 13.9. The summed E-state index contributed by atoms with van der Waals surface area (Å²) in [6.45, 7) is 3.90. The summed E-state index contributed by atoms with van der Waals surface area (Å²) in [7, 11) is 0. The van der Waals surface area contributed by atoms with E-state index in [0.717, 1.165) is 16.8 Å². The third-order valence-electron chi connectivity index (χ3n) is 4.00. The second-order valence-electron chi connectivity index (χ2n) is 6.55. The number of amides is 2. The minimum Gasteiger partial charge on any atom is -0.346 e. The quantitative estimate of drug-likeness (QED) is 0.583. The SMILES string of the molecule is Cc1cc(C)cc(-n2ccnc2SCC(=O)NCC(=O)Nc2ccc(F)cc2)c1. The number of hydrogen-bond acceptors (Lipinski definition) is 4. The molecule has 3 aromatic rings. The molecule has 0 spiro atoms. The average molecular weight is 412 g/mol. The lowest BCUT2D eigenvalue weighted by Gasteiger charge is -2.10. The molecule has 3 rings (SSSR count). The summed E-state index contributed by atoms with van der Waals surface area (Å²) in [4.78, 5) is 28.3. The fourth-order valence-corrected chi connectivity index (χ4v) is 3.58. The maximum atomic E-state index is 12.9. The highest BCUT2D eigenvalue weighted by molar-refractivity contribution is 7.99. The fourth-order valence-electron chi connectivity index (χ4n) is 2.78. The molecule has 0 bridgehead atoms. The summed E-state index contributed by atoms with van der Waals surface area (Å²) >= 11 is 1.29. The molecule has 29 heavy (non-hydrogen) atoms. The number of nitrogens with zero attached hydrogens (tertiary/aromatic N) is 2. The van der Waals surface area contributed by atoms with Crippen LogP contribution in [0.15, 0.2) is 60.0 Å². The van der Waals surface area contributed by atoms with Crippen molar-refractivity contribution in [1.82, 2.24) is 14.9 Å². The predicted octanol–water partition coefficient (Wildman–Crippen LogP) is 3.48. The number of hydrogen-bond donors (Lipinski definition) is 2. The Morgan fingerprint density at radius 3 is 2.45 bits per heavy atom. The molecular weight excluding hydrogens is 391 g/mol. The van der Waals surface area contributed by atoms with Gasteiger partial charge in [-0.05, 0) is 61.4 Å². The van der Waals surface area contributed by atoms with Gasteiger partial charge in [0.15, 0.2) is 5.16 Å². The van der Waals surface area contributed by atoms with Crippen LogP contribution in [0.3, 0.4) is 0 Å². The minimum atomic E-state index is -0.383. The van der Waals surface area contributed by atoms with Crippen molar-refractivity contribution >= 4 is 29.3 Å². The Morgan fingerprint density at radius 1 is 1.07 bits per heavy atom. The van der Waals surface area contributed by atoms with Crippen molar-refractivity contribution in [3.8, 4) is 5.69 Å². The van der Waals surface area contributed by atoms with Crippen molar-refractivity contribution in [3.05, 3.63) is 71.8 Å². The van der Waals surface area contributed by atoms with Crippen LogP contribution in [0.1, 0.15) is 11.1 Å². The Bertz CT molecular complexity index is 998. The van der Waals surface area contributed by atoms with E-state index in [2.05, 4.69) is 33.8 Å². The van der Waals surface area contributed by atoms with Gasteiger partial charge < -0.3 is 10.6 Å². The number of carbonyl (C=O) groups is 2. The van der Waals surface area contributed by atoms with E-state index >= 15 is 0 Å². The van der Waals surface area contributed by atoms with Gasteiger partial charge in [0.25, 0.3) is 0 Å². The molecule has 0 unspecified atom stereocenters. The molecule has 0 radical (unpaired) electrons. The maximum absolute atomic E-state index is 12.9. The molecule has 2 aromatic carbocycles. The Hall–Kier alpha value is -3.13. The van der Waals surface area contributed by atoms with Crippen molar-refractivity contribution in [2.75, 3.05) is 17.6 Å². The summed E-state index contributed by atoms with van der Waals surface area (Å²) in [6.07, 6.45) is 3.54. The number of aromatic nitrogens is 2. The summed E-state index contributed by atoms with van der Waals surface area (Å²) in [5, 5.41) is 5.86. The average Bonchev–Trinajstić information content (AvgIpc) is 3.14. The zero-order valence-corrected chi connectivity index (χ0v) is 16.9. The molecule has 1 heterocycles. The van der Waals surface area contributed by atoms with E-state index in [1.54, 1.807) is 6.20 Å². The molecule has 8 heteroatoms. The van der Waals surface area contributed by atoms with Gasteiger partial charge in [0.1, 0.15) is 5.82 Å². The number of imidazole rings is 1. The molecule has 0 aliphatic rings. The van der Waals surface area contributed by atoms with Crippen molar-refractivity contribution in [3.63, 3.8) is 0 Å². The summed E-state index contributed by atoms with van der Waals surface area (Å²) in [5.41, 5.74) is 3.75. The summed E-state index contributed by atoms with van der Waals surface area (Å²) in [5.74, 6) is -0.913. The first-order valence-corrected chi connectivity index (χ1v) is 9.96. The smallest absolute Gasteiger partial charge is 0.243 e. The molecule has 1 aromatic heterocycles. The Morgan fingerprint density at radius 2 is 1.76 bits per heavy atom. The zero-order valence-electron chi connectivity index (χ0n) is 16.1. The van der Waals surface area contributed by atoms with Crippen LogP contribution in [0.4, 0.5) is 10.1 Å². The molecule has 2 N–H and O–H groups in total. The van der Waals surface area contributed by atoms with Crippen LogP contribution in [0.5, 0.6) is 0 Å². The third kappa shape index (κ3) is 5.92. The van der Waals surface area contributed by atoms with Gasteiger partial charge in [-0.1, -0.05) is 17.8 Å². The van der Waals surface area contributed by atoms with Gasteiger partial charge in [-0.25, -0.2) is 9.37 Å². The van der Waals surface area contributed by atoms with Gasteiger partial charge in [0.2, 0.25) is 11.8 Å². The van der Waals surface area contributed by atoms with Gasteiger partial charge in [0, 0.05) is 23.8 Å². The highest BCUT2D eigenvalue weighted by atomic mass is 32.2. The molecule has 0 aliphatic heterocycles. The molecule has 2 amide bonds. The molecule has 6 nitrogen and oxygen atoms in total. The van der Waals surface area contributed by atoms with Crippen LogP contribution in [-0.2, 0) is 9.59 Å². The summed E-state index contributed by atoms with van der Waals surface area (Å²) in [6, 6.07) is 11.6. The van der Waals surface area contributed by atoms with Crippen LogP contribution in [0, 0.1) is 19.7 Å². The summed E-state index contributed by atoms with van der Waals surface area (Å²) < 4.78 is 14.8. The van der Waals surface area contributed by atoms with Gasteiger partial charge in [-0.2, -0.15) is 0 Å². The van der Waals surface area contributed by atoms with Gasteiger partial charge >= 0.3 is 0 Å². The van der Waals surface area contributed by atoms with Crippen LogP contribution in [0.2, 0.25) is 0 Å². The Kier molecular flexibility index (Phi) is 6.66. The topological polar surface area (TPSA) is 76.0 Å². The molecule has 0 aliphatic carbocycles. The highest BCUT2D eigenvalue weighted by Crippen LogP contribution is 2.22. The van der Waals surface area contributed by atoms with Crippen LogP contribution < -0.4 is 10.6 Å². The van der Waals surface area contributed by atoms with E-state index in [4.69, 9.17) is 0 Å². The van der Waals surface area contributed by atoms with Crippen molar-refractivity contribution in [2.24, 2.45) is 0 Å². The van der Waals surface area contributed by atoms with E-state index in [1.165, 1.54) is 36.0 Å². The normalized spacial score (nSPS) is 10.6. The maximum Gasteiger partial charge on any atom is 0.243 e. The number of thioether (sulfide) groups is 1. The number of rotatable bonds is 7. The first kappa shape index (κ1) is 20.6. The van der Waals surface area contributed by atoms with Gasteiger partial charge in [0.05, 0.1) is 12.3 Å². The molecular formula is C21H21FN4O2S. The molecule has 0 atom stereocenters. The molecule has 150 valence electrons. The van der Waals surface area contributed by atoms with Crippen molar-refractivity contribution in [1.29, 1.82) is 0 Å². The van der Waals surface area contributed by atoms with E-state index in [1.807, 2.05) is 24.6 Å². The number of anilines is 1. The Labute approximate surface area is 172 Å². The minimum absolute atomic E-state index is 0.131. The van der Waals surface area contributed by atoms with Crippen LogP contribution in [-0.4, -0.2) is 33.7 Å². The van der Waals surface area contributed by atoms with Crippen LogP contribution >= 0.6 is 11.8 Å². The standard InChI is InChI=1S/C21H21FN4O2S/c1-14-9-15(2)11-18(10-14)26-8-7-23-21(26)29-13-20(28)24-12-19(27)25-17-5-3-16(22)4-6-17/h3-11H,12-13H2,1-2H3,(H,24,28)(H,25,27). The molecule has 0 saturated carbocycles. The molecule has 0 fully saturated rings. The predicted molar refractivity (Wildman–Crippen MR) is 112 cm³/mol. The van der Waals surface area contributed by atoms with Gasteiger partial charge in [-0.3, -0.25) is 14.2 Å². The van der Waals surface area contributed by atoms with Crippen molar-refractivity contribution in [2.45, 2.75) is 19.0 Å². The number of aryl methyl sites for hydroxylation is 2. The number of carbonyl (C=O) groups excluding carboxylic acids is 2. The van der Waals surface area contributed by atoms with Crippen LogP contribution in [0.25, 0.3) is 5.69 Å². The lowest BCUT2D eigenvalue weighted by Crippen LogP contribution is -2.33.